The quantitative estimate of drug-likeness (QED) is 0.850. The average Bonchev–Trinajstić information content (AvgIpc) is 2.86. The molecule has 122 valence electrons. The first-order valence-corrected chi connectivity index (χ1v) is 7.95. The monoisotopic (exact) mass is 333 g/mol. The molecule has 1 amide bonds. The van der Waals surface area contributed by atoms with E-state index in [2.05, 4.69) is 5.32 Å². The van der Waals surface area contributed by atoms with Crippen LogP contribution in [0.5, 0.6) is 5.75 Å². The smallest absolute Gasteiger partial charge is 0.340 e. The Morgan fingerprint density at radius 2 is 1.96 bits per heavy atom. The number of aryl methyl sites for hydroxylation is 2. The van der Waals surface area contributed by atoms with Crippen LogP contribution >= 0.6 is 11.3 Å². The van der Waals surface area contributed by atoms with Gasteiger partial charge in [0.05, 0.1) is 12.7 Å². The van der Waals surface area contributed by atoms with Crippen LogP contribution in [0.1, 0.15) is 27.0 Å². The molecule has 0 unspecified atom stereocenters. The largest absolute Gasteiger partial charge is 0.497 e. The summed E-state index contributed by atoms with van der Waals surface area (Å²) in [7, 11) is 1.55. The molecule has 0 aliphatic rings. The van der Waals surface area contributed by atoms with E-state index in [-0.39, 0.29) is 0 Å². The number of thiophene rings is 1. The van der Waals surface area contributed by atoms with Gasteiger partial charge in [-0.3, -0.25) is 4.79 Å². The number of rotatable bonds is 5. The molecule has 5 nitrogen and oxygen atoms in total. The Bertz CT molecular complexity index is 723. The second-order valence-electron chi connectivity index (χ2n) is 5.10. The predicted octanol–water partition coefficient (Wildman–Crippen LogP) is 3.56. The highest BCUT2D eigenvalue weighted by Crippen LogP contribution is 2.22. The van der Waals surface area contributed by atoms with E-state index in [0.29, 0.717) is 17.0 Å². The number of nitrogens with one attached hydrogen (secondary N) is 1. The molecule has 6 heteroatoms. The first-order valence-electron chi connectivity index (χ1n) is 7.13. The standard InChI is InChI=1S/C17H19NO4S/c1-10-8-15(12(3)23-10)17(20)22-11(2)16(19)18-13-6-5-7-14(9-13)21-4/h5-9,11H,1-4H3,(H,18,19)/t11-/m0/s1. The first kappa shape index (κ1) is 17.0. The number of amides is 1. The van der Waals surface area contributed by atoms with Crippen LogP contribution < -0.4 is 10.1 Å². The number of benzene rings is 1. The maximum absolute atomic E-state index is 12.1. The zero-order valence-electron chi connectivity index (χ0n) is 13.5. The minimum Gasteiger partial charge on any atom is -0.497 e. The molecule has 0 saturated heterocycles. The van der Waals surface area contributed by atoms with Crippen molar-refractivity contribution < 1.29 is 19.1 Å². The van der Waals surface area contributed by atoms with Gasteiger partial charge in [0.25, 0.3) is 5.91 Å². The summed E-state index contributed by atoms with van der Waals surface area (Å²) in [5.41, 5.74) is 1.09. The minimum atomic E-state index is -0.895. The number of esters is 1. The van der Waals surface area contributed by atoms with E-state index in [1.807, 2.05) is 13.8 Å². The Balaban J connectivity index is 1.99. The van der Waals surface area contributed by atoms with Crippen LogP contribution in [0.3, 0.4) is 0 Å². The van der Waals surface area contributed by atoms with Gasteiger partial charge in [0.2, 0.25) is 0 Å². The van der Waals surface area contributed by atoms with Gasteiger partial charge in [0, 0.05) is 21.5 Å². The fraction of sp³-hybridized carbons (Fsp3) is 0.294. The molecule has 1 heterocycles. The number of carbonyl (C=O) groups excluding carboxylic acids is 2. The molecule has 1 aromatic heterocycles. The van der Waals surface area contributed by atoms with Crippen LogP contribution in [-0.2, 0) is 9.53 Å². The fourth-order valence-electron chi connectivity index (χ4n) is 2.06. The highest BCUT2D eigenvalue weighted by atomic mass is 32.1. The van der Waals surface area contributed by atoms with Gasteiger partial charge in [-0.05, 0) is 39.0 Å². The van der Waals surface area contributed by atoms with Crippen molar-refractivity contribution in [3.05, 3.63) is 45.6 Å². The lowest BCUT2D eigenvalue weighted by Crippen LogP contribution is -2.30. The first-order chi connectivity index (χ1) is 10.9. The summed E-state index contributed by atoms with van der Waals surface area (Å²) < 4.78 is 10.3. The number of anilines is 1. The van der Waals surface area contributed by atoms with Crippen molar-refractivity contribution in [3.8, 4) is 5.75 Å². The molecule has 0 aliphatic heterocycles. The summed E-state index contributed by atoms with van der Waals surface area (Å²) in [5, 5.41) is 2.70. The van der Waals surface area contributed by atoms with Crippen LogP contribution in [0.2, 0.25) is 0 Å². The van der Waals surface area contributed by atoms with Crippen LogP contribution in [0.4, 0.5) is 5.69 Å². The molecule has 0 saturated carbocycles. The summed E-state index contributed by atoms with van der Waals surface area (Å²) in [4.78, 5) is 26.2. The lowest BCUT2D eigenvalue weighted by atomic mass is 10.2. The van der Waals surface area contributed by atoms with Crippen molar-refractivity contribution in [3.63, 3.8) is 0 Å². The Kier molecular flexibility index (Phi) is 5.39. The van der Waals surface area contributed by atoms with Gasteiger partial charge in [-0.2, -0.15) is 0 Å². The third-order valence-electron chi connectivity index (χ3n) is 3.25. The molecule has 0 fully saturated rings. The molecule has 2 rings (SSSR count). The average molecular weight is 333 g/mol. The Labute approximate surface area is 139 Å². The lowest BCUT2D eigenvalue weighted by Gasteiger charge is -2.14. The summed E-state index contributed by atoms with van der Waals surface area (Å²) in [6.07, 6.45) is -0.895. The van der Waals surface area contributed by atoms with Crippen molar-refractivity contribution in [2.24, 2.45) is 0 Å². The van der Waals surface area contributed by atoms with E-state index in [4.69, 9.17) is 9.47 Å². The van der Waals surface area contributed by atoms with Gasteiger partial charge < -0.3 is 14.8 Å². The van der Waals surface area contributed by atoms with Crippen LogP contribution in [0.25, 0.3) is 0 Å². The van der Waals surface area contributed by atoms with Crippen molar-refractivity contribution in [1.29, 1.82) is 0 Å². The summed E-state index contributed by atoms with van der Waals surface area (Å²) >= 11 is 1.52. The molecule has 23 heavy (non-hydrogen) atoms. The summed E-state index contributed by atoms with van der Waals surface area (Å²) in [5.74, 6) is -0.242. The molecular weight excluding hydrogens is 314 g/mol. The normalized spacial score (nSPS) is 11.7. The molecular formula is C17H19NO4S. The van der Waals surface area contributed by atoms with Crippen molar-refractivity contribution in [1.82, 2.24) is 0 Å². The summed E-state index contributed by atoms with van der Waals surface area (Å²) in [6.45, 7) is 5.32. The molecule has 0 radical (unpaired) electrons. The van der Waals surface area contributed by atoms with E-state index in [1.54, 1.807) is 44.4 Å². The molecule has 0 spiro atoms. The molecule has 2 aromatic rings. The highest BCUT2D eigenvalue weighted by molar-refractivity contribution is 7.12. The SMILES string of the molecule is COc1cccc(NC(=O)[C@H](C)OC(=O)c2cc(C)sc2C)c1. The fourth-order valence-corrected chi connectivity index (χ4v) is 2.97. The Hall–Kier alpha value is -2.34. The van der Waals surface area contributed by atoms with Gasteiger partial charge in [-0.25, -0.2) is 4.79 Å². The third-order valence-corrected chi connectivity index (χ3v) is 4.22. The Morgan fingerprint density at radius 1 is 1.22 bits per heavy atom. The molecule has 0 bridgehead atoms. The third kappa shape index (κ3) is 4.32. The molecule has 1 atom stereocenters. The molecule has 1 aromatic carbocycles. The number of methoxy groups -OCH3 is 1. The predicted molar refractivity (Wildman–Crippen MR) is 90.3 cm³/mol. The van der Waals surface area contributed by atoms with Gasteiger partial charge >= 0.3 is 5.97 Å². The van der Waals surface area contributed by atoms with E-state index < -0.39 is 18.0 Å². The van der Waals surface area contributed by atoms with E-state index in [1.165, 1.54) is 11.3 Å². The number of hydrogen-bond acceptors (Lipinski definition) is 5. The number of ether oxygens (including phenoxy) is 2. The van der Waals surface area contributed by atoms with Crippen LogP contribution in [0, 0.1) is 13.8 Å². The van der Waals surface area contributed by atoms with Crippen LogP contribution in [-0.4, -0.2) is 25.1 Å². The van der Waals surface area contributed by atoms with Crippen molar-refractivity contribution in [2.45, 2.75) is 26.9 Å². The minimum absolute atomic E-state index is 0.392. The van der Waals surface area contributed by atoms with Gasteiger partial charge in [-0.15, -0.1) is 11.3 Å². The maximum Gasteiger partial charge on any atom is 0.340 e. The van der Waals surface area contributed by atoms with Crippen molar-refractivity contribution >= 4 is 28.9 Å². The van der Waals surface area contributed by atoms with E-state index >= 15 is 0 Å². The molecule has 1 N–H and O–H groups in total. The molecule has 0 aliphatic carbocycles. The lowest BCUT2D eigenvalue weighted by molar-refractivity contribution is -0.123. The van der Waals surface area contributed by atoms with Crippen LogP contribution in [0.15, 0.2) is 30.3 Å². The zero-order chi connectivity index (χ0) is 17.0. The zero-order valence-corrected chi connectivity index (χ0v) is 14.3. The van der Waals surface area contributed by atoms with Gasteiger partial charge in [0.1, 0.15) is 5.75 Å². The van der Waals surface area contributed by atoms with Crippen molar-refractivity contribution in [2.75, 3.05) is 12.4 Å². The topological polar surface area (TPSA) is 64.6 Å². The number of hydrogen-bond donors (Lipinski definition) is 1. The van der Waals surface area contributed by atoms with E-state index in [9.17, 15) is 9.59 Å². The Morgan fingerprint density at radius 3 is 2.57 bits per heavy atom. The highest BCUT2D eigenvalue weighted by Gasteiger charge is 2.21. The van der Waals surface area contributed by atoms with E-state index in [0.717, 1.165) is 9.75 Å². The summed E-state index contributed by atoms with van der Waals surface area (Å²) in [6, 6.07) is 8.75. The van der Waals surface area contributed by atoms with Gasteiger partial charge in [0.15, 0.2) is 6.10 Å². The maximum atomic E-state index is 12.1. The van der Waals surface area contributed by atoms with Gasteiger partial charge in [-0.1, -0.05) is 6.07 Å². The number of carbonyl (C=O) groups is 2. The second-order valence-corrected chi connectivity index (χ2v) is 6.56. The second kappa shape index (κ2) is 7.28.